The molecule has 0 spiro atoms. The number of pyridine rings is 1. The van der Waals surface area contributed by atoms with Crippen LogP contribution in [-0.2, 0) is 6.42 Å². The molecule has 19 heavy (non-hydrogen) atoms. The van der Waals surface area contributed by atoms with Crippen LogP contribution in [0, 0.1) is 6.92 Å². The van der Waals surface area contributed by atoms with Crippen molar-refractivity contribution in [3.8, 4) is 0 Å². The molecule has 0 bridgehead atoms. The highest BCUT2D eigenvalue weighted by atomic mass is 16.4. The number of hydrogen-bond donors (Lipinski definition) is 1. The van der Waals surface area contributed by atoms with Crippen LogP contribution in [0.2, 0.25) is 0 Å². The molecular weight excluding hydrogens is 242 g/mol. The molecule has 0 aliphatic carbocycles. The van der Waals surface area contributed by atoms with E-state index >= 15 is 0 Å². The average molecular weight is 263 g/mol. The molecule has 1 aliphatic heterocycles. The Kier molecular flexibility index (Phi) is 4.24. The Labute approximate surface area is 113 Å². The number of nitrogens with zero attached hydrogens (tertiary/aromatic N) is 3. The van der Waals surface area contributed by atoms with Crippen molar-refractivity contribution in [1.82, 2.24) is 9.88 Å². The summed E-state index contributed by atoms with van der Waals surface area (Å²) in [6, 6.07) is 2.19. The second-order valence-corrected chi connectivity index (χ2v) is 4.99. The molecule has 1 saturated heterocycles. The van der Waals surface area contributed by atoms with E-state index in [1.807, 2.05) is 6.20 Å². The Hall–Kier alpha value is -1.78. The van der Waals surface area contributed by atoms with Gasteiger partial charge >= 0.3 is 6.09 Å². The maximum atomic E-state index is 10.9. The topological polar surface area (TPSA) is 56.7 Å². The van der Waals surface area contributed by atoms with E-state index in [2.05, 4.69) is 29.8 Å². The zero-order chi connectivity index (χ0) is 13.8. The van der Waals surface area contributed by atoms with Crippen LogP contribution in [0.4, 0.5) is 10.6 Å². The van der Waals surface area contributed by atoms with Gasteiger partial charge in [0, 0.05) is 32.4 Å². The third-order valence-corrected chi connectivity index (χ3v) is 3.50. The number of rotatable bonds is 3. The third-order valence-electron chi connectivity index (χ3n) is 3.50. The first-order valence-electron chi connectivity index (χ1n) is 6.80. The summed E-state index contributed by atoms with van der Waals surface area (Å²) in [6.07, 6.45) is 3.29. The van der Waals surface area contributed by atoms with Crippen LogP contribution in [0.3, 0.4) is 0 Å². The number of amides is 1. The number of aryl methyl sites for hydroxylation is 2. The minimum absolute atomic E-state index is 0.549. The summed E-state index contributed by atoms with van der Waals surface area (Å²) in [6.45, 7) is 6.76. The summed E-state index contributed by atoms with van der Waals surface area (Å²) in [5.74, 6) is 0.991. The summed E-state index contributed by atoms with van der Waals surface area (Å²) >= 11 is 0. The first-order valence-corrected chi connectivity index (χ1v) is 6.80. The molecule has 1 fully saturated rings. The Balaban J connectivity index is 2.05. The van der Waals surface area contributed by atoms with Crippen LogP contribution in [0.5, 0.6) is 0 Å². The van der Waals surface area contributed by atoms with Crippen LogP contribution in [-0.4, -0.2) is 47.3 Å². The first-order chi connectivity index (χ1) is 9.11. The van der Waals surface area contributed by atoms with Gasteiger partial charge in [-0.3, -0.25) is 0 Å². The van der Waals surface area contributed by atoms with Crippen molar-refractivity contribution < 1.29 is 9.90 Å². The van der Waals surface area contributed by atoms with Crippen molar-refractivity contribution in [3.05, 3.63) is 23.4 Å². The van der Waals surface area contributed by atoms with Crippen molar-refractivity contribution >= 4 is 11.9 Å². The van der Waals surface area contributed by atoms with Gasteiger partial charge in [-0.2, -0.15) is 0 Å². The monoisotopic (exact) mass is 263 g/mol. The van der Waals surface area contributed by atoms with E-state index in [9.17, 15) is 4.79 Å². The van der Waals surface area contributed by atoms with Crippen LogP contribution in [0.1, 0.15) is 24.5 Å². The average Bonchev–Trinajstić information content (AvgIpc) is 2.39. The van der Waals surface area contributed by atoms with Crippen molar-refractivity contribution in [1.29, 1.82) is 0 Å². The van der Waals surface area contributed by atoms with Gasteiger partial charge in [0.05, 0.1) is 0 Å². The van der Waals surface area contributed by atoms with E-state index in [1.165, 1.54) is 16.0 Å². The standard InChI is InChI=1S/C14H21N3O2/c1-3-4-12-9-11(2)13(15-10-12)16-5-7-17(8-6-16)14(18)19/h9-10H,3-8H2,1-2H3,(H,18,19). The zero-order valence-electron chi connectivity index (χ0n) is 11.6. The van der Waals surface area contributed by atoms with E-state index in [4.69, 9.17) is 5.11 Å². The third kappa shape index (κ3) is 3.16. The van der Waals surface area contributed by atoms with Crippen molar-refractivity contribution in [2.24, 2.45) is 0 Å². The van der Waals surface area contributed by atoms with Crippen LogP contribution in [0.25, 0.3) is 0 Å². The maximum absolute atomic E-state index is 10.9. The lowest BCUT2D eigenvalue weighted by molar-refractivity contribution is 0.142. The van der Waals surface area contributed by atoms with E-state index in [-0.39, 0.29) is 0 Å². The fourth-order valence-corrected chi connectivity index (χ4v) is 2.49. The lowest BCUT2D eigenvalue weighted by Crippen LogP contribution is -2.48. The number of hydrogen-bond acceptors (Lipinski definition) is 3. The fraction of sp³-hybridized carbons (Fsp3) is 0.571. The maximum Gasteiger partial charge on any atom is 0.407 e. The predicted molar refractivity (Wildman–Crippen MR) is 74.8 cm³/mol. The lowest BCUT2D eigenvalue weighted by Gasteiger charge is -2.34. The minimum Gasteiger partial charge on any atom is -0.465 e. The van der Waals surface area contributed by atoms with E-state index in [1.54, 1.807) is 0 Å². The highest BCUT2D eigenvalue weighted by Crippen LogP contribution is 2.20. The number of aromatic nitrogens is 1. The quantitative estimate of drug-likeness (QED) is 0.907. The molecule has 2 heterocycles. The van der Waals surface area contributed by atoms with E-state index in [0.29, 0.717) is 26.2 Å². The highest BCUT2D eigenvalue weighted by Gasteiger charge is 2.22. The molecule has 2 rings (SSSR count). The summed E-state index contributed by atoms with van der Waals surface area (Å²) in [5, 5.41) is 8.94. The van der Waals surface area contributed by atoms with Crippen LogP contribution in [0.15, 0.2) is 12.3 Å². The lowest BCUT2D eigenvalue weighted by atomic mass is 10.1. The van der Waals surface area contributed by atoms with Gasteiger partial charge in [-0.25, -0.2) is 9.78 Å². The second-order valence-electron chi connectivity index (χ2n) is 4.99. The summed E-state index contributed by atoms with van der Waals surface area (Å²) < 4.78 is 0. The summed E-state index contributed by atoms with van der Waals surface area (Å²) in [5.41, 5.74) is 2.45. The molecule has 1 aromatic rings. The fourth-order valence-electron chi connectivity index (χ4n) is 2.49. The van der Waals surface area contributed by atoms with Gasteiger partial charge in [-0.1, -0.05) is 19.4 Å². The molecule has 0 unspecified atom stereocenters. The molecule has 1 aliphatic rings. The molecule has 5 heteroatoms. The van der Waals surface area contributed by atoms with Gasteiger partial charge < -0.3 is 14.9 Å². The molecule has 104 valence electrons. The van der Waals surface area contributed by atoms with E-state index in [0.717, 1.165) is 18.7 Å². The highest BCUT2D eigenvalue weighted by molar-refractivity contribution is 5.65. The van der Waals surface area contributed by atoms with Crippen molar-refractivity contribution in [3.63, 3.8) is 0 Å². The molecule has 1 N–H and O–H groups in total. The normalized spacial score (nSPS) is 15.7. The number of carboxylic acid groups (broad SMARTS) is 1. The van der Waals surface area contributed by atoms with Gasteiger partial charge in [-0.05, 0) is 24.5 Å². The molecule has 0 saturated carbocycles. The zero-order valence-corrected chi connectivity index (χ0v) is 11.6. The largest absolute Gasteiger partial charge is 0.465 e. The second kappa shape index (κ2) is 5.91. The minimum atomic E-state index is -0.831. The van der Waals surface area contributed by atoms with Crippen LogP contribution >= 0.6 is 0 Å². The molecular formula is C14H21N3O2. The Morgan fingerprint density at radius 3 is 2.58 bits per heavy atom. The summed E-state index contributed by atoms with van der Waals surface area (Å²) in [7, 11) is 0. The van der Waals surface area contributed by atoms with Gasteiger partial charge in [0.15, 0.2) is 0 Å². The molecule has 0 aromatic carbocycles. The SMILES string of the molecule is CCCc1cnc(N2CCN(C(=O)O)CC2)c(C)c1. The van der Waals surface area contributed by atoms with Gasteiger partial charge in [0.1, 0.15) is 5.82 Å². The van der Waals surface area contributed by atoms with Crippen LogP contribution < -0.4 is 4.90 Å². The smallest absolute Gasteiger partial charge is 0.407 e. The molecule has 0 atom stereocenters. The Morgan fingerprint density at radius 1 is 1.37 bits per heavy atom. The molecule has 1 amide bonds. The number of anilines is 1. The number of carbonyl (C=O) groups is 1. The Morgan fingerprint density at radius 2 is 2.05 bits per heavy atom. The van der Waals surface area contributed by atoms with Crippen molar-refractivity contribution in [2.75, 3.05) is 31.1 Å². The predicted octanol–water partition coefficient (Wildman–Crippen LogP) is 2.14. The summed E-state index contributed by atoms with van der Waals surface area (Å²) in [4.78, 5) is 19.0. The first kappa shape index (κ1) is 13.6. The molecule has 0 radical (unpaired) electrons. The van der Waals surface area contributed by atoms with Gasteiger partial charge in [0.25, 0.3) is 0 Å². The van der Waals surface area contributed by atoms with E-state index < -0.39 is 6.09 Å². The van der Waals surface area contributed by atoms with Crippen molar-refractivity contribution in [2.45, 2.75) is 26.7 Å². The van der Waals surface area contributed by atoms with Gasteiger partial charge in [-0.15, -0.1) is 0 Å². The number of piperazine rings is 1. The Bertz CT molecular complexity index is 454. The van der Waals surface area contributed by atoms with Gasteiger partial charge in [0.2, 0.25) is 0 Å². The molecule has 5 nitrogen and oxygen atoms in total. The molecule has 1 aromatic heterocycles.